The van der Waals surface area contributed by atoms with Crippen LogP contribution in [0.25, 0.3) is 0 Å². The zero-order valence-corrected chi connectivity index (χ0v) is 10.5. The highest BCUT2D eigenvalue weighted by atomic mass is 32.2. The summed E-state index contributed by atoms with van der Waals surface area (Å²) in [7, 11) is 1.69. The Morgan fingerprint density at radius 3 is 3.07 bits per heavy atom. The molecule has 2 nitrogen and oxygen atoms in total. The van der Waals surface area contributed by atoms with Gasteiger partial charge < -0.3 is 4.74 Å². The first-order chi connectivity index (χ1) is 7.33. The van der Waals surface area contributed by atoms with Crippen LogP contribution in [0.5, 0.6) is 5.75 Å². The molecule has 0 fully saturated rings. The van der Waals surface area contributed by atoms with Crippen molar-refractivity contribution in [3.63, 3.8) is 0 Å². The van der Waals surface area contributed by atoms with Crippen LogP contribution in [0.1, 0.15) is 6.42 Å². The van der Waals surface area contributed by atoms with E-state index in [9.17, 15) is 0 Å². The lowest BCUT2D eigenvalue weighted by molar-refractivity contribution is 0.414. The third kappa shape index (κ3) is 2.49. The summed E-state index contributed by atoms with van der Waals surface area (Å²) in [5.41, 5.74) is 1.04. The molecule has 0 N–H and O–H groups in total. The SMILES string of the molecule is COc1ccc2c(c1)N=C(SC)CCS2. The van der Waals surface area contributed by atoms with Gasteiger partial charge in [-0.05, 0) is 18.4 Å². The number of thioether (sulfide) groups is 2. The van der Waals surface area contributed by atoms with Gasteiger partial charge in [0.1, 0.15) is 5.75 Å². The van der Waals surface area contributed by atoms with Gasteiger partial charge in [0.25, 0.3) is 0 Å². The Balaban J connectivity index is 2.41. The Labute approximate surface area is 98.5 Å². The molecule has 1 aliphatic rings. The minimum Gasteiger partial charge on any atom is -0.497 e. The Kier molecular flexibility index (Phi) is 3.59. The summed E-state index contributed by atoms with van der Waals surface area (Å²) < 4.78 is 5.20. The molecular weight excluding hydrogens is 226 g/mol. The molecule has 0 unspecified atom stereocenters. The van der Waals surface area contributed by atoms with E-state index in [-0.39, 0.29) is 0 Å². The molecule has 0 radical (unpaired) electrons. The summed E-state index contributed by atoms with van der Waals surface area (Å²) in [5, 5.41) is 1.20. The molecule has 0 atom stereocenters. The molecule has 0 amide bonds. The maximum Gasteiger partial charge on any atom is 0.121 e. The Morgan fingerprint density at radius 2 is 2.33 bits per heavy atom. The Morgan fingerprint density at radius 1 is 1.47 bits per heavy atom. The molecule has 1 aliphatic heterocycles. The van der Waals surface area contributed by atoms with Crippen molar-refractivity contribution in [1.82, 2.24) is 0 Å². The van der Waals surface area contributed by atoms with Crippen molar-refractivity contribution in [3.8, 4) is 5.75 Å². The van der Waals surface area contributed by atoms with Gasteiger partial charge in [-0.2, -0.15) is 0 Å². The van der Waals surface area contributed by atoms with Crippen LogP contribution in [0.15, 0.2) is 28.1 Å². The molecule has 4 heteroatoms. The number of nitrogens with zero attached hydrogens (tertiary/aromatic N) is 1. The molecule has 0 saturated carbocycles. The van der Waals surface area contributed by atoms with E-state index in [4.69, 9.17) is 4.74 Å². The van der Waals surface area contributed by atoms with Crippen LogP contribution in [0.4, 0.5) is 5.69 Å². The van der Waals surface area contributed by atoms with Gasteiger partial charge in [-0.1, -0.05) is 0 Å². The van der Waals surface area contributed by atoms with Crippen LogP contribution in [-0.2, 0) is 0 Å². The molecule has 0 bridgehead atoms. The predicted octanol–water partition coefficient (Wildman–Crippen LogP) is 3.58. The van der Waals surface area contributed by atoms with Gasteiger partial charge >= 0.3 is 0 Å². The second kappa shape index (κ2) is 4.94. The van der Waals surface area contributed by atoms with Crippen molar-refractivity contribution in [3.05, 3.63) is 18.2 Å². The first-order valence-corrected chi connectivity index (χ1v) is 6.97. The molecule has 0 aromatic heterocycles. The number of aliphatic imine (C=N–C) groups is 1. The van der Waals surface area contributed by atoms with E-state index >= 15 is 0 Å². The normalized spacial score (nSPS) is 15.2. The van der Waals surface area contributed by atoms with E-state index in [0.29, 0.717) is 0 Å². The van der Waals surface area contributed by atoms with E-state index in [1.165, 1.54) is 9.94 Å². The molecule has 1 heterocycles. The van der Waals surface area contributed by atoms with Gasteiger partial charge in [-0.15, -0.1) is 23.5 Å². The van der Waals surface area contributed by atoms with E-state index in [2.05, 4.69) is 17.3 Å². The molecule has 0 spiro atoms. The maximum absolute atomic E-state index is 5.20. The van der Waals surface area contributed by atoms with Gasteiger partial charge in [0, 0.05) is 23.1 Å². The third-order valence-corrected chi connectivity index (χ3v) is 4.05. The number of benzene rings is 1. The zero-order valence-electron chi connectivity index (χ0n) is 8.82. The van der Waals surface area contributed by atoms with Crippen molar-refractivity contribution >= 4 is 34.3 Å². The second-order valence-corrected chi connectivity index (χ2v) is 5.16. The zero-order chi connectivity index (χ0) is 10.7. The molecule has 80 valence electrons. The first-order valence-electron chi connectivity index (χ1n) is 4.76. The van der Waals surface area contributed by atoms with Crippen LogP contribution in [-0.4, -0.2) is 24.2 Å². The van der Waals surface area contributed by atoms with Crippen molar-refractivity contribution < 1.29 is 4.74 Å². The third-order valence-electron chi connectivity index (χ3n) is 2.22. The van der Waals surface area contributed by atoms with Gasteiger partial charge in [0.05, 0.1) is 17.8 Å². The van der Waals surface area contributed by atoms with Crippen molar-refractivity contribution in [2.45, 2.75) is 11.3 Å². The van der Waals surface area contributed by atoms with Crippen LogP contribution < -0.4 is 4.74 Å². The molecule has 0 saturated heterocycles. The summed E-state index contributed by atoms with van der Waals surface area (Å²) in [6, 6.07) is 6.08. The quantitative estimate of drug-likeness (QED) is 0.747. The highest BCUT2D eigenvalue weighted by molar-refractivity contribution is 8.13. The number of ether oxygens (including phenoxy) is 1. The highest BCUT2D eigenvalue weighted by Gasteiger charge is 2.10. The summed E-state index contributed by atoms with van der Waals surface area (Å²) in [5.74, 6) is 1.99. The lowest BCUT2D eigenvalue weighted by atomic mass is 10.3. The molecule has 1 aromatic rings. The van der Waals surface area contributed by atoms with Crippen LogP contribution >= 0.6 is 23.5 Å². The summed E-state index contributed by atoms with van der Waals surface area (Å²) in [6.07, 6.45) is 3.14. The average Bonchev–Trinajstić information content (AvgIpc) is 2.49. The lowest BCUT2D eigenvalue weighted by Crippen LogP contribution is -1.90. The smallest absolute Gasteiger partial charge is 0.121 e. The van der Waals surface area contributed by atoms with E-state index in [1.54, 1.807) is 18.9 Å². The number of hydrogen-bond donors (Lipinski definition) is 0. The van der Waals surface area contributed by atoms with Gasteiger partial charge in [-0.25, -0.2) is 4.99 Å². The van der Waals surface area contributed by atoms with E-state index in [0.717, 1.165) is 23.6 Å². The number of rotatable bonds is 1. The van der Waals surface area contributed by atoms with Crippen LogP contribution in [0, 0.1) is 0 Å². The molecule has 0 aliphatic carbocycles. The maximum atomic E-state index is 5.20. The van der Waals surface area contributed by atoms with Crippen LogP contribution in [0.2, 0.25) is 0 Å². The fraction of sp³-hybridized carbons (Fsp3) is 0.364. The average molecular weight is 239 g/mol. The number of fused-ring (bicyclic) bond motifs is 1. The molecular formula is C11H13NOS2. The Hall–Kier alpha value is -0.610. The van der Waals surface area contributed by atoms with Gasteiger partial charge in [0.2, 0.25) is 0 Å². The fourth-order valence-electron chi connectivity index (χ4n) is 1.42. The minimum atomic E-state index is 0.875. The van der Waals surface area contributed by atoms with E-state index < -0.39 is 0 Å². The van der Waals surface area contributed by atoms with Gasteiger partial charge in [0.15, 0.2) is 0 Å². The molecule has 1 aromatic carbocycles. The van der Waals surface area contributed by atoms with Crippen molar-refractivity contribution in [2.24, 2.45) is 4.99 Å². The highest BCUT2D eigenvalue weighted by Crippen LogP contribution is 2.36. The largest absolute Gasteiger partial charge is 0.497 e. The number of methoxy groups -OCH3 is 1. The topological polar surface area (TPSA) is 21.6 Å². The lowest BCUT2D eigenvalue weighted by Gasteiger charge is -2.04. The number of hydrogen-bond acceptors (Lipinski definition) is 4. The predicted molar refractivity (Wildman–Crippen MR) is 68.9 cm³/mol. The van der Waals surface area contributed by atoms with Gasteiger partial charge in [-0.3, -0.25) is 0 Å². The summed E-state index contributed by atoms with van der Waals surface area (Å²) in [4.78, 5) is 5.89. The fourth-order valence-corrected chi connectivity index (χ4v) is 2.98. The Bertz CT molecular complexity index is 390. The molecule has 2 rings (SSSR count). The van der Waals surface area contributed by atoms with Crippen LogP contribution in [0.3, 0.4) is 0 Å². The standard InChI is InChI=1S/C11H13NOS2/c1-13-8-3-4-10-9(7-8)12-11(14-2)5-6-15-10/h3-4,7H,5-6H2,1-2H3. The summed E-state index contributed by atoms with van der Waals surface area (Å²) >= 11 is 3.60. The first kappa shape index (κ1) is 10.9. The molecule has 15 heavy (non-hydrogen) atoms. The summed E-state index contributed by atoms with van der Waals surface area (Å²) in [6.45, 7) is 0. The monoisotopic (exact) mass is 239 g/mol. The minimum absolute atomic E-state index is 0.875. The van der Waals surface area contributed by atoms with E-state index in [1.807, 2.05) is 23.9 Å². The van der Waals surface area contributed by atoms with Crippen molar-refractivity contribution in [2.75, 3.05) is 19.1 Å². The second-order valence-electron chi connectivity index (χ2n) is 3.14. The van der Waals surface area contributed by atoms with Crippen molar-refractivity contribution in [1.29, 1.82) is 0 Å².